The first kappa shape index (κ1) is 22.0. The van der Waals surface area contributed by atoms with E-state index < -0.39 is 31.1 Å². The van der Waals surface area contributed by atoms with Gasteiger partial charge in [-0.25, -0.2) is 15.0 Å². The average Bonchev–Trinajstić information content (AvgIpc) is 3.28. The van der Waals surface area contributed by atoms with E-state index in [1.165, 1.54) is 24.1 Å². The molecule has 0 aliphatic carbocycles. The third-order valence-corrected chi connectivity index (χ3v) is 4.29. The van der Waals surface area contributed by atoms with Crippen molar-refractivity contribution in [2.24, 2.45) is 0 Å². The van der Waals surface area contributed by atoms with Crippen molar-refractivity contribution in [2.45, 2.75) is 37.9 Å². The molecular weight excluding hydrogens is 400 g/mol. The topological polar surface area (TPSA) is 174 Å². The number of nitrogens with zero attached hydrogens (tertiary/aromatic N) is 5. The van der Waals surface area contributed by atoms with Crippen LogP contribution in [0.3, 0.4) is 0 Å². The van der Waals surface area contributed by atoms with Crippen LogP contribution in [0, 0.1) is 11.3 Å². The zero-order valence-corrected chi connectivity index (χ0v) is 16.2. The summed E-state index contributed by atoms with van der Waals surface area (Å²) < 4.78 is 23.2. The highest BCUT2D eigenvalue weighted by molar-refractivity contribution is 5.95. The summed E-state index contributed by atoms with van der Waals surface area (Å²) in [6, 6.07) is 1.94. The van der Waals surface area contributed by atoms with Crippen LogP contribution in [0.2, 0.25) is 0 Å². The Bertz CT molecular complexity index is 900. The molecule has 0 spiro atoms. The Balaban J connectivity index is 1.74. The van der Waals surface area contributed by atoms with Gasteiger partial charge in [0.1, 0.15) is 38.2 Å². The van der Waals surface area contributed by atoms with Gasteiger partial charge in [0, 0.05) is 6.92 Å². The molecule has 13 heteroatoms. The maximum Gasteiger partial charge on any atom is 0.222 e. The summed E-state index contributed by atoms with van der Waals surface area (Å²) in [5.41, 5.74) is 0.679. The fraction of sp³-hybridized carbons (Fsp3) is 0.588. The zero-order chi connectivity index (χ0) is 21.5. The monoisotopic (exact) mass is 422 g/mol. The van der Waals surface area contributed by atoms with Gasteiger partial charge >= 0.3 is 0 Å². The van der Waals surface area contributed by atoms with Gasteiger partial charge in [0.05, 0.1) is 32.0 Å². The SMILES string of the molecule is CC(=O)Nc1ncnc2c1ncn2[C@@H]1O[C@H](CO)[C@@H](O)[C@H]1OCOCOCCC#N. The summed E-state index contributed by atoms with van der Waals surface area (Å²) >= 11 is 0. The quantitative estimate of drug-likeness (QED) is 0.326. The zero-order valence-electron chi connectivity index (χ0n) is 16.2. The third-order valence-electron chi connectivity index (χ3n) is 4.29. The number of ether oxygens (including phenoxy) is 4. The number of carbonyl (C=O) groups excluding carboxylic acids is 1. The number of anilines is 1. The van der Waals surface area contributed by atoms with Gasteiger partial charge in [-0.1, -0.05) is 0 Å². The van der Waals surface area contributed by atoms with E-state index in [-0.39, 0.29) is 38.3 Å². The van der Waals surface area contributed by atoms with E-state index >= 15 is 0 Å². The van der Waals surface area contributed by atoms with E-state index in [2.05, 4.69) is 20.3 Å². The van der Waals surface area contributed by atoms with Gasteiger partial charge in [0.25, 0.3) is 0 Å². The fourth-order valence-electron chi connectivity index (χ4n) is 2.97. The van der Waals surface area contributed by atoms with Crippen LogP contribution in [-0.2, 0) is 23.7 Å². The second kappa shape index (κ2) is 10.3. The van der Waals surface area contributed by atoms with Crippen LogP contribution >= 0.6 is 0 Å². The minimum absolute atomic E-state index is 0.0826. The molecule has 1 aliphatic heterocycles. The molecule has 0 radical (unpaired) electrons. The van der Waals surface area contributed by atoms with Gasteiger partial charge in [0.2, 0.25) is 5.91 Å². The molecule has 2 aromatic rings. The average molecular weight is 422 g/mol. The first-order chi connectivity index (χ1) is 14.6. The van der Waals surface area contributed by atoms with Crippen LogP contribution < -0.4 is 5.32 Å². The van der Waals surface area contributed by atoms with Crippen molar-refractivity contribution in [1.29, 1.82) is 5.26 Å². The van der Waals surface area contributed by atoms with Crippen LogP contribution in [0.4, 0.5) is 5.82 Å². The van der Waals surface area contributed by atoms with Gasteiger partial charge < -0.3 is 34.5 Å². The summed E-state index contributed by atoms with van der Waals surface area (Å²) in [5.74, 6) is -0.0772. The van der Waals surface area contributed by atoms with E-state index in [0.29, 0.717) is 11.2 Å². The molecule has 2 aromatic heterocycles. The van der Waals surface area contributed by atoms with E-state index in [0.717, 1.165) is 0 Å². The molecule has 3 heterocycles. The number of hydrogen-bond acceptors (Lipinski definition) is 11. The van der Waals surface area contributed by atoms with Crippen molar-refractivity contribution in [3.8, 4) is 6.07 Å². The molecule has 0 unspecified atom stereocenters. The lowest BCUT2D eigenvalue weighted by Gasteiger charge is -2.22. The highest BCUT2D eigenvalue weighted by Gasteiger charge is 2.46. The van der Waals surface area contributed by atoms with Crippen molar-refractivity contribution in [3.63, 3.8) is 0 Å². The van der Waals surface area contributed by atoms with Gasteiger partial charge in [-0.05, 0) is 0 Å². The first-order valence-electron chi connectivity index (χ1n) is 9.10. The third kappa shape index (κ3) is 4.87. The number of rotatable bonds is 10. The number of aliphatic hydroxyl groups excluding tert-OH is 2. The molecule has 4 atom stereocenters. The second-order valence-corrected chi connectivity index (χ2v) is 6.35. The number of nitrogens with one attached hydrogen (secondary N) is 1. The number of nitriles is 1. The molecule has 1 saturated heterocycles. The lowest BCUT2D eigenvalue weighted by Crippen LogP contribution is -2.36. The van der Waals surface area contributed by atoms with E-state index in [4.69, 9.17) is 24.2 Å². The Kier molecular flexibility index (Phi) is 7.57. The number of aliphatic hydroxyl groups is 2. The highest BCUT2D eigenvalue weighted by atomic mass is 16.7. The summed E-state index contributed by atoms with van der Waals surface area (Å²) in [6.45, 7) is 0.861. The van der Waals surface area contributed by atoms with Crippen LogP contribution in [-0.4, -0.2) is 80.8 Å². The fourth-order valence-corrected chi connectivity index (χ4v) is 2.97. The molecule has 162 valence electrons. The van der Waals surface area contributed by atoms with E-state index in [1.54, 1.807) is 0 Å². The summed E-state index contributed by atoms with van der Waals surface area (Å²) in [7, 11) is 0. The van der Waals surface area contributed by atoms with Crippen molar-refractivity contribution in [1.82, 2.24) is 19.5 Å². The molecule has 0 aromatic carbocycles. The molecule has 1 aliphatic rings. The summed E-state index contributed by atoms with van der Waals surface area (Å²) in [5, 5.41) is 31.0. The number of aromatic nitrogens is 4. The standard InChI is InChI=1S/C17H22N6O7/c1-10(25)22-15-12-16(20-6-19-15)23(7-21-12)17-14(13(26)11(5-24)30-17)29-9-28-8-27-4-2-3-18/h6-7,11,13-14,17,24,26H,2,4-5,8-9H2,1H3,(H,19,20,22,25)/t11-,13-,14-,17-/m1/s1. The molecule has 0 saturated carbocycles. The number of carbonyl (C=O) groups is 1. The Morgan fingerprint density at radius 2 is 2.20 bits per heavy atom. The Morgan fingerprint density at radius 3 is 2.93 bits per heavy atom. The maximum atomic E-state index is 11.4. The van der Waals surface area contributed by atoms with Crippen molar-refractivity contribution in [2.75, 3.05) is 32.1 Å². The number of hydrogen-bond donors (Lipinski definition) is 3. The number of amides is 1. The second-order valence-electron chi connectivity index (χ2n) is 6.35. The van der Waals surface area contributed by atoms with Gasteiger partial charge in [0.15, 0.2) is 23.2 Å². The molecule has 1 fully saturated rings. The number of imidazole rings is 1. The summed E-state index contributed by atoms with van der Waals surface area (Å²) in [6.07, 6.45) is -0.876. The van der Waals surface area contributed by atoms with Crippen LogP contribution in [0.5, 0.6) is 0 Å². The van der Waals surface area contributed by atoms with Crippen molar-refractivity contribution < 1.29 is 34.0 Å². The van der Waals surface area contributed by atoms with Crippen molar-refractivity contribution in [3.05, 3.63) is 12.7 Å². The van der Waals surface area contributed by atoms with E-state index in [1.807, 2.05) is 6.07 Å². The molecule has 1 amide bonds. The molecule has 30 heavy (non-hydrogen) atoms. The smallest absolute Gasteiger partial charge is 0.222 e. The predicted octanol–water partition coefficient (Wildman–Crippen LogP) is -0.718. The van der Waals surface area contributed by atoms with E-state index in [9.17, 15) is 15.0 Å². The van der Waals surface area contributed by atoms with Crippen LogP contribution in [0.25, 0.3) is 11.2 Å². The Hall–Kier alpha value is -2.73. The molecule has 13 nitrogen and oxygen atoms in total. The highest BCUT2D eigenvalue weighted by Crippen LogP contribution is 2.34. The van der Waals surface area contributed by atoms with Gasteiger partial charge in [-0.3, -0.25) is 9.36 Å². The van der Waals surface area contributed by atoms with Gasteiger partial charge in [-0.2, -0.15) is 5.26 Å². The lowest BCUT2D eigenvalue weighted by molar-refractivity contribution is -0.174. The maximum absolute atomic E-state index is 11.4. The minimum Gasteiger partial charge on any atom is -0.394 e. The first-order valence-corrected chi connectivity index (χ1v) is 9.10. The van der Waals surface area contributed by atoms with Crippen LogP contribution in [0.1, 0.15) is 19.6 Å². The minimum atomic E-state index is -1.14. The summed E-state index contributed by atoms with van der Waals surface area (Å²) in [4.78, 5) is 23.8. The van der Waals surface area contributed by atoms with Gasteiger partial charge in [-0.15, -0.1) is 0 Å². The Labute approximate surface area is 171 Å². The Morgan fingerprint density at radius 1 is 1.37 bits per heavy atom. The number of fused-ring (bicyclic) bond motifs is 1. The molecular formula is C17H22N6O7. The normalized spacial score (nSPS) is 23.5. The predicted molar refractivity (Wildman–Crippen MR) is 98.5 cm³/mol. The molecule has 0 bridgehead atoms. The van der Waals surface area contributed by atoms with Crippen molar-refractivity contribution >= 4 is 22.9 Å². The van der Waals surface area contributed by atoms with Crippen LogP contribution in [0.15, 0.2) is 12.7 Å². The molecule has 3 rings (SSSR count). The largest absolute Gasteiger partial charge is 0.394 e. The molecule has 3 N–H and O–H groups in total. The lowest BCUT2D eigenvalue weighted by atomic mass is 10.1.